The number of amides is 1. The van der Waals surface area contributed by atoms with Gasteiger partial charge in [0, 0.05) is 6.42 Å². The topological polar surface area (TPSA) is 228 Å². The summed E-state index contributed by atoms with van der Waals surface area (Å²) >= 11 is 0. The van der Waals surface area contributed by atoms with Crippen molar-refractivity contribution in [3.8, 4) is 0 Å². The lowest BCUT2D eigenvalue weighted by Gasteiger charge is -2.46. The molecule has 0 aromatic rings. The third-order valence-corrected chi connectivity index (χ3v) is 12.1. The van der Waals surface area contributed by atoms with Crippen molar-refractivity contribution < 1.29 is 64.6 Å². The highest BCUT2D eigenvalue weighted by molar-refractivity contribution is 5.76. The van der Waals surface area contributed by atoms with Crippen molar-refractivity contribution in [2.45, 2.75) is 248 Å². The number of unbranched alkanes of at least 4 members (excludes halogenated alkanes) is 20. The third-order valence-electron chi connectivity index (χ3n) is 12.1. The molecule has 12 unspecified atom stereocenters. The van der Waals surface area contributed by atoms with Crippen molar-refractivity contribution in [2.75, 3.05) is 19.8 Å². The Labute approximate surface area is 379 Å². The van der Waals surface area contributed by atoms with E-state index in [9.17, 15) is 45.6 Å². The SMILES string of the molecule is CCCCCC/C=C/CC/C=C/CC/C=C/C(O)C(COC1OC(CO)C(OC2OC(CO)C(O)C(O)C2O)C(O)C1O)NC(=O)CCCCCCCCCCCCCCCCC. The van der Waals surface area contributed by atoms with E-state index in [1.807, 2.05) is 6.08 Å². The molecule has 0 radical (unpaired) electrons. The Morgan fingerprint density at radius 2 is 1.02 bits per heavy atom. The fourth-order valence-electron chi connectivity index (χ4n) is 7.97. The van der Waals surface area contributed by atoms with E-state index >= 15 is 0 Å². The summed E-state index contributed by atoms with van der Waals surface area (Å²) in [6.45, 7) is 2.72. The molecular formula is C49H89NO13. The molecule has 0 saturated carbocycles. The van der Waals surface area contributed by atoms with Gasteiger partial charge >= 0.3 is 0 Å². The molecule has 0 aliphatic carbocycles. The van der Waals surface area contributed by atoms with Crippen LogP contribution in [0.15, 0.2) is 36.5 Å². The van der Waals surface area contributed by atoms with Crippen LogP contribution in [0.3, 0.4) is 0 Å². The Morgan fingerprint density at radius 3 is 1.56 bits per heavy atom. The molecule has 368 valence electrons. The first-order chi connectivity index (χ1) is 30.6. The lowest BCUT2D eigenvalue weighted by molar-refractivity contribution is -0.359. The monoisotopic (exact) mass is 900 g/mol. The van der Waals surface area contributed by atoms with Crippen LogP contribution in [-0.2, 0) is 23.7 Å². The zero-order valence-corrected chi connectivity index (χ0v) is 38.8. The van der Waals surface area contributed by atoms with E-state index < -0.39 is 86.8 Å². The summed E-state index contributed by atoms with van der Waals surface area (Å²) in [6.07, 6.45) is 23.3. The molecule has 12 atom stereocenters. The maximum absolute atomic E-state index is 13.1. The number of carbonyl (C=O) groups is 1. The van der Waals surface area contributed by atoms with E-state index in [2.05, 4.69) is 43.5 Å². The Hall–Kier alpha value is -1.79. The largest absolute Gasteiger partial charge is 0.394 e. The maximum Gasteiger partial charge on any atom is 0.220 e. The summed E-state index contributed by atoms with van der Waals surface area (Å²) in [5, 5.41) is 86.6. The number of ether oxygens (including phenoxy) is 4. The van der Waals surface area contributed by atoms with E-state index in [1.165, 1.54) is 96.3 Å². The van der Waals surface area contributed by atoms with Crippen LogP contribution in [0.25, 0.3) is 0 Å². The summed E-state index contributed by atoms with van der Waals surface area (Å²) in [6, 6.07) is -0.932. The quantitative estimate of drug-likeness (QED) is 0.0261. The third kappa shape index (κ3) is 24.0. The molecule has 2 aliphatic heterocycles. The van der Waals surface area contributed by atoms with Crippen molar-refractivity contribution in [2.24, 2.45) is 0 Å². The van der Waals surface area contributed by atoms with Crippen molar-refractivity contribution in [1.29, 1.82) is 0 Å². The van der Waals surface area contributed by atoms with Crippen LogP contribution in [0.1, 0.15) is 174 Å². The molecule has 0 bridgehead atoms. The number of carbonyl (C=O) groups excluding carboxylic acids is 1. The second-order valence-corrected chi connectivity index (χ2v) is 17.6. The van der Waals surface area contributed by atoms with Gasteiger partial charge in [-0.15, -0.1) is 0 Å². The number of hydrogen-bond acceptors (Lipinski definition) is 13. The zero-order chi connectivity index (χ0) is 46.1. The highest BCUT2D eigenvalue weighted by Crippen LogP contribution is 2.30. The molecule has 2 heterocycles. The van der Waals surface area contributed by atoms with E-state index in [4.69, 9.17) is 18.9 Å². The van der Waals surface area contributed by atoms with Gasteiger partial charge in [0.25, 0.3) is 0 Å². The van der Waals surface area contributed by atoms with Crippen molar-refractivity contribution in [3.05, 3.63) is 36.5 Å². The highest BCUT2D eigenvalue weighted by atomic mass is 16.7. The molecule has 2 aliphatic rings. The lowest BCUT2D eigenvalue weighted by atomic mass is 9.97. The van der Waals surface area contributed by atoms with Crippen LogP contribution in [0.2, 0.25) is 0 Å². The van der Waals surface area contributed by atoms with E-state index in [0.717, 1.165) is 44.9 Å². The normalized spacial score (nSPS) is 27.8. The predicted molar refractivity (Wildman–Crippen MR) is 244 cm³/mol. The summed E-state index contributed by atoms with van der Waals surface area (Å²) in [4.78, 5) is 13.1. The average molecular weight is 900 g/mol. The number of allylic oxidation sites excluding steroid dienone is 5. The fraction of sp³-hybridized carbons (Fsp3) is 0.857. The summed E-state index contributed by atoms with van der Waals surface area (Å²) in [7, 11) is 0. The number of hydrogen-bond donors (Lipinski definition) is 9. The van der Waals surface area contributed by atoms with Gasteiger partial charge in [-0.25, -0.2) is 0 Å². The highest BCUT2D eigenvalue weighted by Gasteiger charge is 2.51. The number of nitrogens with one attached hydrogen (secondary N) is 1. The van der Waals surface area contributed by atoms with Gasteiger partial charge in [0.2, 0.25) is 5.91 Å². The van der Waals surface area contributed by atoms with E-state index in [0.29, 0.717) is 12.8 Å². The average Bonchev–Trinajstić information content (AvgIpc) is 3.28. The minimum atomic E-state index is -1.79. The van der Waals surface area contributed by atoms with Gasteiger partial charge in [0.1, 0.15) is 48.8 Å². The summed E-state index contributed by atoms with van der Waals surface area (Å²) in [5.74, 6) is -0.255. The van der Waals surface area contributed by atoms with Crippen LogP contribution < -0.4 is 5.32 Å². The molecular weight excluding hydrogens is 811 g/mol. The van der Waals surface area contributed by atoms with Gasteiger partial charge in [-0.2, -0.15) is 0 Å². The van der Waals surface area contributed by atoms with Crippen molar-refractivity contribution in [3.63, 3.8) is 0 Å². The minimum absolute atomic E-state index is 0.255. The van der Waals surface area contributed by atoms with Crippen molar-refractivity contribution >= 4 is 5.91 Å². The van der Waals surface area contributed by atoms with Gasteiger partial charge in [-0.3, -0.25) is 4.79 Å². The second kappa shape index (κ2) is 36.3. The Morgan fingerprint density at radius 1 is 0.556 bits per heavy atom. The summed E-state index contributed by atoms with van der Waals surface area (Å²) in [5.41, 5.74) is 0. The molecule has 2 fully saturated rings. The standard InChI is InChI=1S/C49H89NO13/c1-3-5-7-9-11-13-15-17-19-21-23-25-27-29-31-33-41(54)50-37(38(53)32-30-28-26-24-22-20-18-16-14-12-10-8-6-4-2)36-60-48-46(59)44(57)47(40(35-52)62-48)63-49-45(58)43(56)42(55)39(34-51)61-49/h14,16,22,24,30,32,37-40,42-49,51-53,55-59H,3-13,15,17-21,23,25-29,31,33-36H2,1-2H3,(H,50,54)/b16-14+,24-22+,32-30+. The van der Waals surface area contributed by atoms with Gasteiger partial charge < -0.3 is 65.1 Å². The van der Waals surface area contributed by atoms with Gasteiger partial charge in [0.15, 0.2) is 12.6 Å². The molecule has 0 aromatic heterocycles. The molecule has 2 saturated heterocycles. The second-order valence-electron chi connectivity index (χ2n) is 17.6. The first-order valence-corrected chi connectivity index (χ1v) is 24.7. The molecule has 0 aromatic carbocycles. The smallest absolute Gasteiger partial charge is 0.220 e. The number of aliphatic hydroxyl groups excluding tert-OH is 8. The van der Waals surface area contributed by atoms with Crippen LogP contribution in [-0.4, -0.2) is 140 Å². The van der Waals surface area contributed by atoms with E-state index in [1.54, 1.807) is 6.08 Å². The Bertz CT molecular complexity index is 1200. The molecule has 2 rings (SSSR count). The fourth-order valence-corrected chi connectivity index (χ4v) is 7.97. The molecule has 14 nitrogen and oxygen atoms in total. The zero-order valence-electron chi connectivity index (χ0n) is 38.8. The van der Waals surface area contributed by atoms with Crippen LogP contribution in [0.4, 0.5) is 0 Å². The number of rotatable bonds is 37. The van der Waals surface area contributed by atoms with Crippen LogP contribution >= 0.6 is 0 Å². The summed E-state index contributed by atoms with van der Waals surface area (Å²) < 4.78 is 22.6. The van der Waals surface area contributed by atoms with Gasteiger partial charge in [-0.1, -0.05) is 159 Å². The van der Waals surface area contributed by atoms with Crippen LogP contribution in [0.5, 0.6) is 0 Å². The molecule has 0 spiro atoms. The molecule has 63 heavy (non-hydrogen) atoms. The molecule has 1 amide bonds. The predicted octanol–water partition coefficient (Wildman–Crippen LogP) is 5.93. The lowest BCUT2D eigenvalue weighted by Crippen LogP contribution is -2.65. The van der Waals surface area contributed by atoms with Crippen molar-refractivity contribution in [1.82, 2.24) is 5.32 Å². The number of aliphatic hydroxyl groups is 8. The van der Waals surface area contributed by atoms with E-state index in [-0.39, 0.29) is 18.9 Å². The first kappa shape index (κ1) is 57.3. The Kier molecular flexibility index (Phi) is 33.1. The maximum atomic E-state index is 13.1. The molecule has 14 heteroatoms. The van der Waals surface area contributed by atoms with Crippen LogP contribution in [0, 0.1) is 0 Å². The van der Waals surface area contributed by atoms with Gasteiger partial charge in [0.05, 0.1) is 32.0 Å². The Balaban J connectivity index is 1.89. The van der Waals surface area contributed by atoms with Gasteiger partial charge in [-0.05, 0) is 44.9 Å². The minimum Gasteiger partial charge on any atom is -0.394 e. The molecule has 9 N–H and O–H groups in total. The first-order valence-electron chi connectivity index (χ1n) is 24.7.